The van der Waals surface area contributed by atoms with Crippen molar-refractivity contribution in [3.8, 4) is 0 Å². The van der Waals surface area contributed by atoms with E-state index in [4.69, 9.17) is 4.42 Å². The van der Waals surface area contributed by atoms with Crippen LogP contribution in [0.25, 0.3) is 0 Å². The van der Waals surface area contributed by atoms with Gasteiger partial charge in [0.1, 0.15) is 11.9 Å². The summed E-state index contributed by atoms with van der Waals surface area (Å²) in [6.45, 7) is 2.95. The largest absolute Gasteiger partial charge is 0.410 e. The van der Waals surface area contributed by atoms with E-state index in [1.807, 2.05) is 4.90 Å². The Kier molecular flexibility index (Phi) is 5.60. The fourth-order valence-corrected chi connectivity index (χ4v) is 6.02. The fraction of sp³-hybridized carbons (Fsp3) is 0.565. The molecule has 2 aliphatic heterocycles. The van der Waals surface area contributed by atoms with Crippen LogP contribution in [0, 0.1) is 36.2 Å². The van der Waals surface area contributed by atoms with Gasteiger partial charge >= 0.3 is 12.2 Å². The SMILES string of the molecule is Cc1nnc(N2CC3CCC(C2)C3Nc2nc3n(n2)C(C(F)(F)F)CCC3c2ccc(F)c(F)c2F)o1. The minimum Gasteiger partial charge on any atom is -0.408 e. The van der Waals surface area contributed by atoms with Crippen molar-refractivity contribution in [3.05, 3.63) is 46.9 Å². The maximum atomic E-state index is 14.6. The first-order valence-corrected chi connectivity index (χ1v) is 12.1. The summed E-state index contributed by atoms with van der Waals surface area (Å²) in [5.41, 5.74) is -0.247. The number of hydrogen-bond acceptors (Lipinski definition) is 7. The molecule has 1 N–H and O–H groups in total. The highest BCUT2D eigenvalue weighted by molar-refractivity contribution is 5.37. The van der Waals surface area contributed by atoms with Crippen molar-refractivity contribution >= 4 is 12.0 Å². The van der Waals surface area contributed by atoms with Gasteiger partial charge in [-0.2, -0.15) is 18.2 Å². The molecule has 1 aliphatic carbocycles. The molecule has 8 nitrogen and oxygen atoms in total. The number of nitrogens with one attached hydrogen (secondary N) is 1. The Balaban J connectivity index is 1.30. The summed E-state index contributed by atoms with van der Waals surface area (Å²) >= 11 is 0. The van der Waals surface area contributed by atoms with Crippen LogP contribution >= 0.6 is 0 Å². The number of halogens is 6. The van der Waals surface area contributed by atoms with Crippen LogP contribution in [0.2, 0.25) is 0 Å². The zero-order valence-electron chi connectivity index (χ0n) is 19.6. The van der Waals surface area contributed by atoms with Gasteiger partial charge in [0, 0.05) is 37.5 Å². The van der Waals surface area contributed by atoms with E-state index in [0.717, 1.165) is 29.7 Å². The van der Waals surface area contributed by atoms with E-state index < -0.39 is 42.0 Å². The van der Waals surface area contributed by atoms with Gasteiger partial charge in [-0.1, -0.05) is 11.2 Å². The van der Waals surface area contributed by atoms with Crippen molar-refractivity contribution in [2.75, 3.05) is 23.3 Å². The Bertz CT molecular complexity index is 1310. The van der Waals surface area contributed by atoms with Gasteiger partial charge in [-0.3, -0.25) is 0 Å². The molecule has 4 atom stereocenters. The van der Waals surface area contributed by atoms with Crippen LogP contribution in [-0.2, 0) is 0 Å². The number of benzene rings is 1. The maximum absolute atomic E-state index is 14.6. The number of nitrogens with zero attached hydrogens (tertiary/aromatic N) is 6. The molecular formula is C23H23F6N7O. The van der Waals surface area contributed by atoms with Gasteiger partial charge in [0.2, 0.25) is 11.8 Å². The third-order valence-corrected chi connectivity index (χ3v) is 7.73. The molecule has 3 aromatic rings. The summed E-state index contributed by atoms with van der Waals surface area (Å²) in [7, 11) is 0. The second kappa shape index (κ2) is 8.62. The van der Waals surface area contributed by atoms with Crippen LogP contribution in [0.5, 0.6) is 0 Å². The van der Waals surface area contributed by atoms with E-state index in [1.165, 1.54) is 0 Å². The third-order valence-electron chi connectivity index (χ3n) is 7.73. The molecule has 2 aromatic heterocycles. The van der Waals surface area contributed by atoms with Crippen LogP contribution in [0.1, 0.15) is 54.9 Å². The summed E-state index contributed by atoms with van der Waals surface area (Å²) in [6.07, 6.45) is -3.35. The average Bonchev–Trinajstić information content (AvgIpc) is 3.52. The van der Waals surface area contributed by atoms with Crippen LogP contribution in [-0.4, -0.2) is 50.3 Å². The Hall–Kier alpha value is -3.32. The maximum Gasteiger partial charge on any atom is 0.410 e. The number of fused-ring (bicyclic) bond motifs is 3. The van der Waals surface area contributed by atoms with E-state index in [9.17, 15) is 26.3 Å². The minimum atomic E-state index is -4.61. The van der Waals surface area contributed by atoms with Gasteiger partial charge in [-0.25, -0.2) is 17.9 Å². The standard InChI is InChI=1S/C23H23F6N7O/c1-10-32-33-22(37-10)35-8-11-2-3-12(9-35)19(11)30-21-31-20-14(13-4-6-15(24)18(26)17(13)25)5-7-16(23(27,28)29)36(20)34-21/h4,6,11-12,14,16,19H,2-3,5,7-9H2,1H3,(H,30,34). The molecular weight excluding hydrogens is 504 g/mol. The van der Waals surface area contributed by atoms with Gasteiger partial charge in [0.15, 0.2) is 17.5 Å². The van der Waals surface area contributed by atoms with Gasteiger partial charge < -0.3 is 14.6 Å². The highest BCUT2D eigenvalue weighted by Gasteiger charge is 2.48. The number of anilines is 2. The molecule has 0 amide bonds. The smallest absolute Gasteiger partial charge is 0.408 e. The highest BCUT2D eigenvalue weighted by Crippen LogP contribution is 2.45. The van der Waals surface area contributed by atoms with Crippen LogP contribution in [0.15, 0.2) is 16.5 Å². The van der Waals surface area contributed by atoms with Gasteiger partial charge in [0.05, 0.1) is 0 Å². The highest BCUT2D eigenvalue weighted by atomic mass is 19.4. The summed E-state index contributed by atoms with van der Waals surface area (Å²) in [4.78, 5) is 6.35. The molecule has 37 heavy (non-hydrogen) atoms. The Labute approximate surface area is 207 Å². The predicted molar refractivity (Wildman–Crippen MR) is 117 cm³/mol. The van der Waals surface area contributed by atoms with Gasteiger partial charge in [0.25, 0.3) is 0 Å². The number of aryl methyl sites for hydroxylation is 1. The number of alkyl halides is 3. The van der Waals surface area contributed by atoms with Crippen molar-refractivity contribution in [2.24, 2.45) is 11.8 Å². The monoisotopic (exact) mass is 527 g/mol. The lowest BCUT2D eigenvalue weighted by molar-refractivity contribution is -0.175. The molecule has 2 bridgehead atoms. The summed E-state index contributed by atoms with van der Waals surface area (Å²) in [5.74, 6) is -4.85. The number of rotatable bonds is 4. The predicted octanol–water partition coefficient (Wildman–Crippen LogP) is 4.74. The molecule has 14 heteroatoms. The molecule has 1 aromatic carbocycles. The lowest BCUT2D eigenvalue weighted by Crippen LogP contribution is -2.48. The summed E-state index contributed by atoms with van der Waals surface area (Å²) in [5, 5.41) is 15.3. The number of piperidine rings is 1. The molecule has 2 fully saturated rings. The average molecular weight is 527 g/mol. The molecule has 0 radical (unpaired) electrons. The lowest BCUT2D eigenvalue weighted by atomic mass is 9.88. The van der Waals surface area contributed by atoms with E-state index in [0.29, 0.717) is 25.0 Å². The van der Waals surface area contributed by atoms with E-state index in [-0.39, 0.29) is 41.6 Å². The van der Waals surface area contributed by atoms with Crippen molar-refractivity contribution < 1.29 is 30.8 Å². The molecule has 198 valence electrons. The quantitative estimate of drug-likeness (QED) is 0.388. The Morgan fingerprint density at radius 2 is 1.70 bits per heavy atom. The molecule has 1 saturated heterocycles. The van der Waals surface area contributed by atoms with Gasteiger partial charge in [-0.05, 0) is 43.6 Å². The first kappa shape index (κ1) is 24.0. The van der Waals surface area contributed by atoms with E-state index in [2.05, 4.69) is 25.6 Å². The Morgan fingerprint density at radius 1 is 0.973 bits per heavy atom. The summed E-state index contributed by atoms with van der Waals surface area (Å²) < 4.78 is 89.9. The second-order valence-electron chi connectivity index (χ2n) is 9.97. The zero-order chi connectivity index (χ0) is 26.1. The second-order valence-corrected chi connectivity index (χ2v) is 9.97. The first-order valence-electron chi connectivity index (χ1n) is 12.1. The van der Waals surface area contributed by atoms with E-state index >= 15 is 0 Å². The normalized spacial score (nSPS) is 27.4. The molecule has 4 heterocycles. The number of hydrogen-bond donors (Lipinski definition) is 1. The fourth-order valence-electron chi connectivity index (χ4n) is 6.02. The topological polar surface area (TPSA) is 84.9 Å². The zero-order valence-corrected chi connectivity index (χ0v) is 19.6. The van der Waals surface area contributed by atoms with Gasteiger partial charge in [-0.15, -0.1) is 10.2 Å². The molecule has 0 spiro atoms. The van der Waals surface area contributed by atoms with E-state index in [1.54, 1.807) is 6.92 Å². The number of aromatic nitrogens is 5. The Morgan fingerprint density at radius 3 is 2.35 bits per heavy atom. The van der Waals surface area contributed by atoms with Crippen LogP contribution < -0.4 is 10.2 Å². The first-order chi connectivity index (χ1) is 17.6. The molecule has 3 aliphatic rings. The molecule has 6 rings (SSSR count). The van der Waals surface area contributed by atoms with Crippen LogP contribution in [0.3, 0.4) is 0 Å². The van der Waals surface area contributed by atoms with Crippen molar-refractivity contribution in [1.82, 2.24) is 25.0 Å². The summed E-state index contributed by atoms with van der Waals surface area (Å²) in [6, 6.07) is 0.211. The van der Waals surface area contributed by atoms with Crippen LogP contribution in [0.4, 0.5) is 38.3 Å². The van der Waals surface area contributed by atoms with Crippen molar-refractivity contribution in [3.63, 3.8) is 0 Å². The lowest BCUT2D eigenvalue weighted by Gasteiger charge is -2.37. The molecule has 1 saturated carbocycles. The third kappa shape index (κ3) is 4.09. The minimum absolute atomic E-state index is 0.00289. The van der Waals surface area contributed by atoms with Crippen molar-refractivity contribution in [1.29, 1.82) is 0 Å². The molecule has 4 unspecified atom stereocenters. The van der Waals surface area contributed by atoms with Crippen molar-refractivity contribution in [2.45, 2.75) is 56.8 Å².